The number of nitrogens with zero attached hydrogens (tertiary/aromatic N) is 1. The predicted molar refractivity (Wildman–Crippen MR) is 57.3 cm³/mol. The fraction of sp³-hybridized carbons (Fsp3) is 0.222. The van der Waals surface area contributed by atoms with Crippen molar-refractivity contribution in [3.63, 3.8) is 0 Å². The zero-order valence-corrected chi connectivity index (χ0v) is 8.84. The lowest BCUT2D eigenvalue weighted by atomic mass is 10.2. The Morgan fingerprint density at radius 3 is 2.79 bits per heavy atom. The molecule has 3 N–H and O–H groups in total. The van der Waals surface area contributed by atoms with E-state index in [0.717, 1.165) is 10.6 Å². The molecule has 0 bridgehead atoms. The molecule has 1 rings (SSSR count). The maximum absolute atomic E-state index is 8.56. The molecule has 0 aromatic heterocycles. The lowest BCUT2D eigenvalue weighted by molar-refractivity contribution is 0.318. The van der Waals surface area contributed by atoms with Gasteiger partial charge in [-0.05, 0) is 24.5 Å². The van der Waals surface area contributed by atoms with E-state index in [4.69, 9.17) is 15.7 Å². The van der Waals surface area contributed by atoms with Crippen LogP contribution in [0.1, 0.15) is 5.56 Å². The molecule has 1 aromatic rings. The molecule has 1 aromatic carbocycles. The highest BCUT2D eigenvalue weighted by atomic mass is 32.2. The van der Waals surface area contributed by atoms with Crippen LogP contribution in [0.2, 0.25) is 0 Å². The molecular weight excluding hydrogens is 200 g/mol. The minimum absolute atomic E-state index is 0.108. The monoisotopic (exact) mass is 212 g/mol. The van der Waals surface area contributed by atoms with Gasteiger partial charge in [0.15, 0.2) is 5.84 Å². The van der Waals surface area contributed by atoms with Crippen molar-refractivity contribution in [1.82, 2.24) is 0 Å². The molecule has 76 valence electrons. The number of amidine groups is 1. The first-order valence-electron chi connectivity index (χ1n) is 3.93. The van der Waals surface area contributed by atoms with Crippen LogP contribution < -0.4 is 10.5 Å². The highest BCUT2D eigenvalue weighted by Crippen LogP contribution is 2.25. The Bertz CT molecular complexity index is 353. The maximum atomic E-state index is 8.56. The van der Waals surface area contributed by atoms with Gasteiger partial charge in [0.2, 0.25) is 0 Å². The van der Waals surface area contributed by atoms with E-state index in [1.165, 1.54) is 11.8 Å². The van der Waals surface area contributed by atoms with Gasteiger partial charge in [-0.3, -0.25) is 0 Å². The largest absolute Gasteiger partial charge is 0.497 e. The van der Waals surface area contributed by atoms with Crippen LogP contribution in [0, 0.1) is 0 Å². The highest BCUT2D eigenvalue weighted by molar-refractivity contribution is 7.98. The van der Waals surface area contributed by atoms with Crippen molar-refractivity contribution in [3.05, 3.63) is 23.8 Å². The Kier molecular flexibility index (Phi) is 3.64. The van der Waals surface area contributed by atoms with Crippen LogP contribution in [0.3, 0.4) is 0 Å². The van der Waals surface area contributed by atoms with Crippen LogP contribution in [0.5, 0.6) is 5.75 Å². The van der Waals surface area contributed by atoms with Gasteiger partial charge < -0.3 is 15.7 Å². The van der Waals surface area contributed by atoms with Crippen molar-refractivity contribution in [2.24, 2.45) is 10.9 Å². The minimum Gasteiger partial charge on any atom is -0.497 e. The number of methoxy groups -OCH3 is 1. The summed E-state index contributed by atoms with van der Waals surface area (Å²) in [5.74, 6) is 0.862. The van der Waals surface area contributed by atoms with Gasteiger partial charge in [0.1, 0.15) is 5.75 Å². The number of nitrogens with two attached hydrogens (primary N) is 1. The molecule has 0 fully saturated rings. The third-order valence-electron chi connectivity index (χ3n) is 1.79. The third-order valence-corrected chi connectivity index (χ3v) is 2.57. The molecule has 0 saturated carbocycles. The molecule has 0 radical (unpaired) electrons. The van der Waals surface area contributed by atoms with Crippen molar-refractivity contribution >= 4 is 17.6 Å². The Morgan fingerprint density at radius 1 is 1.57 bits per heavy atom. The number of hydrogen-bond acceptors (Lipinski definition) is 4. The number of hydrogen-bond donors (Lipinski definition) is 2. The fourth-order valence-corrected chi connectivity index (χ4v) is 1.69. The summed E-state index contributed by atoms with van der Waals surface area (Å²) in [6, 6.07) is 5.38. The second-order valence-corrected chi connectivity index (χ2v) is 3.40. The lowest BCUT2D eigenvalue weighted by Gasteiger charge is -2.07. The zero-order valence-electron chi connectivity index (χ0n) is 8.02. The molecule has 0 aliphatic heterocycles. The van der Waals surface area contributed by atoms with E-state index in [0.29, 0.717) is 5.56 Å². The summed E-state index contributed by atoms with van der Waals surface area (Å²) in [5, 5.41) is 11.5. The van der Waals surface area contributed by atoms with Crippen LogP contribution in [0.15, 0.2) is 28.3 Å². The van der Waals surface area contributed by atoms with Crippen LogP contribution in [0.25, 0.3) is 0 Å². The van der Waals surface area contributed by atoms with Gasteiger partial charge in [-0.1, -0.05) is 5.16 Å². The van der Waals surface area contributed by atoms with Crippen LogP contribution in [-0.4, -0.2) is 24.4 Å². The van der Waals surface area contributed by atoms with Crippen molar-refractivity contribution in [1.29, 1.82) is 0 Å². The van der Waals surface area contributed by atoms with E-state index in [9.17, 15) is 0 Å². The standard InChI is InChI=1S/C9H12N2O2S/c1-13-6-3-4-7(9(10)11-12)8(5-6)14-2/h3-5,12H,1-2H3,(H2,10,11). The lowest BCUT2D eigenvalue weighted by Crippen LogP contribution is -2.14. The number of thioether (sulfide) groups is 1. The van der Waals surface area contributed by atoms with Crippen LogP contribution >= 0.6 is 11.8 Å². The molecule has 14 heavy (non-hydrogen) atoms. The smallest absolute Gasteiger partial charge is 0.171 e. The van der Waals surface area contributed by atoms with E-state index in [2.05, 4.69) is 5.16 Å². The van der Waals surface area contributed by atoms with Crippen LogP contribution in [-0.2, 0) is 0 Å². The van der Waals surface area contributed by atoms with E-state index in [1.807, 2.05) is 12.3 Å². The van der Waals surface area contributed by atoms with Crippen LogP contribution in [0.4, 0.5) is 0 Å². The average molecular weight is 212 g/mol. The quantitative estimate of drug-likeness (QED) is 0.262. The van der Waals surface area contributed by atoms with E-state index in [1.54, 1.807) is 19.2 Å². The summed E-state index contributed by atoms with van der Waals surface area (Å²) < 4.78 is 5.07. The zero-order chi connectivity index (χ0) is 10.6. The van der Waals surface area contributed by atoms with Gasteiger partial charge in [0.25, 0.3) is 0 Å². The summed E-state index contributed by atoms with van der Waals surface area (Å²) >= 11 is 1.52. The normalized spacial score (nSPS) is 11.4. The van der Waals surface area contributed by atoms with Crippen molar-refractivity contribution in [2.75, 3.05) is 13.4 Å². The summed E-state index contributed by atoms with van der Waals surface area (Å²) in [5.41, 5.74) is 6.22. The predicted octanol–water partition coefficient (Wildman–Crippen LogP) is 1.51. The molecule has 0 atom stereocenters. The molecule has 4 nitrogen and oxygen atoms in total. The Balaban J connectivity index is 3.18. The Morgan fingerprint density at radius 2 is 2.29 bits per heavy atom. The van der Waals surface area contributed by atoms with Gasteiger partial charge >= 0.3 is 0 Å². The third kappa shape index (κ3) is 2.11. The molecule has 0 aliphatic carbocycles. The molecule has 0 spiro atoms. The van der Waals surface area contributed by atoms with Gasteiger partial charge in [-0.15, -0.1) is 11.8 Å². The molecule has 0 saturated heterocycles. The van der Waals surface area contributed by atoms with Gasteiger partial charge in [-0.25, -0.2) is 0 Å². The first kappa shape index (κ1) is 10.7. The average Bonchev–Trinajstić information content (AvgIpc) is 2.27. The number of rotatable bonds is 3. The number of ether oxygens (including phenoxy) is 1. The second kappa shape index (κ2) is 4.76. The SMILES string of the molecule is COc1ccc(/C(N)=N/O)c(SC)c1. The number of oxime groups is 1. The molecule has 0 unspecified atom stereocenters. The Hall–Kier alpha value is -1.36. The first-order valence-corrected chi connectivity index (χ1v) is 5.15. The molecule has 0 aliphatic rings. The molecular formula is C9H12N2O2S. The summed E-state index contributed by atoms with van der Waals surface area (Å²) in [4.78, 5) is 0.916. The van der Waals surface area contributed by atoms with E-state index >= 15 is 0 Å². The van der Waals surface area contributed by atoms with Gasteiger partial charge in [-0.2, -0.15) is 0 Å². The second-order valence-electron chi connectivity index (χ2n) is 2.55. The molecule has 0 heterocycles. The number of benzene rings is 1. The molecule has 0 amide bonds. The Labute approximate surface area is 86.7 Å². The van der Waals surface area contributed by atoms with Crippen molar-refractivity contribution < 1.29 is 9.94 Å². The minimum atomic E-state index is 0.108. The first-order chi connectivity index (χ1) is 6.72. The topological polar surface area (TPSA) is 67.8 Å². The summed E-state index contributed by atoms with van der Waals surface area (Å²) in [6.07, 6.45) is 1.92. The van der Waals surface area contributed by atoms with Crippen molar-refractivity contribution in [2.45, 2.75) is 4.90 Å². The van der Waals surface area contributed by atoms with E-state index < -0.39 is 0 Å². The van der Waals surface area contributed by atoms with Crippen molar-refractivity contribution in [3.8, 4) is 5.75 Å². The van der Waals surface area contributed by atoms with Gasteiger partial charge in [0.05, 0.1) is 7.11 Å². The van der Waals surface area contributed by atoms with Gasteiger partial charge in [0, 0.05) is 10.5 Å². The molecule has 5 heteroatoms. The fourth-order valence-electron chi connectivity index (χ4n) is 1.06. The highest BCUT2D eigenvalue weighted by Gasteiger charge is 2.07. The summed E-state index contributed by atoms with van der Waals surface area (Å²) in [6.45, 7) is 0. The maximum Gasteiger partial charge on any atom is 0.171 e. The van der Waals surface area contributed by atoms with E-state index in [-0.39, 0.29) is 5.84 Å². The summed E-state index contributed by atoms with van der Waals surface area (Å²) in [7, 11) is 1.60.